The van der Waals surface area contributed by atoms with Gasteiger partial charge in [-0.2, -0.15) is 0 Å². The molecule has 0 aliphatic rings. The third-order valence-corrected chi connectivity index (χ3v) is 4.60. The summed E-state index contributed by atoms with van der Waals surface area (Å²) in [5.41, 5.74) is 2.29. The molecule has 2 rings (SSSR count). The Hall–Kier alpha value is -1.65. The molecule has 1 N–H and O–H groups in total. The molecule has 0 aromatic heterocycles. The van der Waals surface area contributed by atoms with Crippen molar-refractivity contribution < 1.29 is 4.79 Å². The Morgan fingerprint density at radius 3 is 2.70 bits per heavy atom. The van der Waals surface area contributed by atoms with Crippen molar-refractivity contribution in [1.82, 2.24) is 5.32 Å². The molecule has 1 amide bonds. The van der Waals surface area contributed by atoms with Crippen LogP contribution in [0.15, 0.2) is 54.6 Å². The van der Waals surface area contributed by atoms with Crippen molar-refractivity contribution in [2.45, 2.75) is 5.75 Å². The molecule has 0 aliphatic carbocycles. The van der Waals surface area contributed by atoms with Crippen molar-refractivity contribution in [1.29, 1.82) is 0 Å². The second-order valence-corrected chi connectivity index (χ2v) is 6.65. The SMILES string of the molecule is CN(CCNC(=O)CSCc1cccc(Cl)c1)c1ccccc1. The van der Waals surface area contributed by atoms with Gasteiger partial charge in [0.15, 0.2) is 0 Å². The van der Waals surface area contributed by atoms with E-state index in [9.17, 15) is 4.79 Å². The first kappa shape index (κ1) is 17.7. The highest BCUT2D eigenvalue weighted by atomic mass is 35.5. The van der Waals surface area contributed by atoms with Crippen LogP contribution in [0, 0.1) is 0 Å². The molecule has 0 spiro atoms. The standard InChI is InChI=1S/C18H21ClN2OS/c1-21(17-8-3-2-4-9-17)11-10-20-18(22)14-23-13-15-6-5-7-16(19)12-15/h2-9,12H,10-11,13-14H2,1H3,(H,20,22). The molecule has 0 aliphatic heterocycles. The van der Waals surface area contributed by atoms with Crippen LogP contribution in [0.3, 0.4) is 0 Å². The van der Waals surface area contributed by atoms with Crippen molar-refractivity contribution in [3.63, 3.8) is 0 Å². The molecule has 23 heavy (non-hydrogen) atoms. The predicted octanol–water partition coefficient (Wildman–Crippen LogP) is 3.83. The number of nitrogens with one attached hydrogen (secondary N) is 1. The van der Waals surface area contributed by atoms with Gasteiger partial charge >= 0.3 is 0 Å². The summed E-state index contributed by atoms with van der Waals surface area (Å²) in [7, 11) is 2.02. The Kier molecular flexibility index (Phi) is 7.30. The van der Waals surface area contributed by atoms with Gasteiger partial charge in [0.2, 0.25) is 5.91 Å². The fraction of sp³-hybridized carbons (Fsp3) is 0.278. The first-order valence-electron chi connectivity index (χ1n) is 7.50. The number of anilines is 1. The van der Waals surface area contributed by atoms with Crippen LogP contribution in [0.2, 0.25) is 5.02 Å². The molecular weight excluding hydrogens is 328 g/mol. The third-order valence-electron chi connectivity index (χ3n) is 3.36. The van der Waals surface area contributed by atoms with E-state index >= 15 is 0 Å². The zero-order valence-electron chi connectivity index (χ0n) is 13.2. The molecule has 3 nitrogen and oxygen atoms in total. The molecule has 0 atom stereocenters. The summed E-state index contributed by atoms with van der Waals surface area (Å²) in [6.07, 6.45) is 0. The minimum atomic E-state index is 0.0680. The number of rotatable bonds is 8. The van der Waals surface area contributed by atoms with Gasteiger partial charge in [-0.1, -0.05) is 41.9 Å². The van der Waals surface area contributed by atoms with Crippen molar-refractivity contribution in [3.8, 4) is 0 Å². The summed E-state index contributed by atoms with van der Waals surface area (Å²) < 4.78 is 0. The van der Waals surface area contributed by atoms with Gasteiger partial charge in [-0.15, -0.1) is 11.8 Å². The van der Waals surface area contributed by atoms with E-state index in [0.29, 0.717) is 12.3 Å². The lowest BCUT2D eigenvalue weighted by Gasteiger charge is -2.19. The fourth-order valence-corrected chi connectivity index (χ4v) is 3.13. The molecule has 0 bridgehead atoms. The predicted molar refractivity (Wildman–Crippen MR) is 100 cm³/mol. The minimum Gasteiger partial charge on any atom is -0.373 e. The van der Waals surface area contributed by atoms with Crippen LogP contribution >= 0.6 is 23.4 Å². The van der Waals surface area contributed by atoms with Gasteiger partial charge in [0.05, 0.1) is 5.75 Å². The molecule has 0 fully saturated rings. The second kappa shape index (κ2) is 9.48. The van der Waals surface area contributed by atoms with Crippen molar-refractivity contribution in [2.24, 2.45) is 0 Å². The Labute approximate surface area is 147 Å². The highest BCUT2D eigenvalue weighted by Crippen LogP contribution is 2.16. The normalized spacial score (nSPS) is 10.3. The van der Waals surface area contributed by atoms with Gasteiger partial charge in [-0.05, 0) is 29.8 Å². The average molecular weight is 349 g/mol. The number of hydrogen-bond donors (Lipinski definition) is 1. The summed E-state index contributed by atoms with van der Waals surface area (Å²) in [5.74, 6) is 1.32. The number of amides is 1. The van der Waals surface area contributed by atoms with E-state index in [1.165, 1.54) is 0 Å². The average Bonchev–Trinajstić information content (AvgIpc) is 2.55. The van der Waals surface area contributed by atoms with Gasteiger partial charge in [-0.25, -0.2) is 0 Å². The molecule has 2 aromatic rings. The number of hydrogen-bond acceptors (Lipinski definition) is 3. The highest BCUT2D eigenvalue weighted by molar-refractivity contribution is 7.99. The van der Waals surface area contributed by atoms with Crippen LogP contribution in [0.25, 0.3) is 0 Å². The molecule has 0 saturated heterocycles. The summed E-state index contributed by atoms with van der Waals surface area (Å²) in [4.78, 5) is 14.0. The third kappa shape index (κ3) is 6.55. The number of carbonyl (C=O) groups excluding carboxylic acids is 1. The quantitative estimate of drug-likeness (QED) is 0.787. The summed E-state index contributed by atoms with van der Waals surface area (Å²) in [6.45, 7) is 1.43. The smallest absolute Gasteiger partial charge is 0.230 e. The lowest BCUT2D eigenvalue weighted by atomic mass is 10.2. The number of halogens is 1. The monoisotopic (exact) mass is 348 g/mol. The molecule has 2 aromatic carbocycles. The minimum absolute atomic E-state index is 0.0680. The zero-order chi connectivity index (χ0) is 16.5. The zero-order valence-corrected chi connectivity index (χ0v) is 14.7. The summed E-state index contributed by atoms with van der Waals surface area (Å²) in [6, 6.07) is 17.9. The summed E-state index contributed by atoms with van der Waals surface area (Å²) >= 11 is 7.54. The van der Waals surface area contributed by atoms with Gasteiger partial charge in [0.1, 0.15) is 0 Å². The largest absolute Gasteiger partial charge is 0.373 e. The molecule has 0 saturated carbocycles. The van der Waals surface area contributed by atoms with E-state index in [4.69, 9.17) is 11.6 Å². The van der Waals surface area contributed by atoms with E-state index in [2.05, 4.69) is 22.3 Å². The second-order valence-electron chi connectivity index (χ2n) is 5.23. The molecule has 0 radical (unpaired) electrons. The van der Waals surface area contributed by atoms with Crippen molar-refractivity contribution in [2.75, 3.05) is 30.8 Å². The van der Waals surface area contributed by atoms with Crippen LogP contribution in [-0.2, 0) is 10.5 Å². The lowest BCUT2D eigenvalue weighted by molar-refractivity contribution is -0.118. The van der Waals surface area contributed by atoms with Gasteiger partial charge in [-0.3, -0.25) is 4.79 Å². The van der Waals surface area contributed by atoms with E-state index in [1.807, 2.05) is 49.5 Å². The molecule has 5 heteroatoms. The molecular formula is C18H21ClN2OS. The molecule has 122 valence electrons. The van der Waals surface area contributed by atoms with E-state index in [1.54, 1.807) is 11.8 Å². The number of nitrogens with zero attached hydrogens (tertiary/aromatic N) is 1. The highest BCUT2D eigenvalue weighted by Gasteiger charge is 2.04. The first-order valence-corrected chi connectivity index (χ1v) is 9.03. The van der Waals surface area contributed by atoms with Crippen LogP contribution < -0.4 is 10.2 Å². The summed E-state index contributed by atoms with van der Waals surface area (Å²) in [5, 5.41) is 3.69. The van der Waals surface area contributed by atoms with Crippen LogP contribution in [-0.4, -0.2) is 31.8 Å². The van der Waals surface area contributed by atoms with E-state index in [0.717, 1.165) is 28.6 Å². The molecule has 0 unspecified atom stereocenters. The van der Waals surface area contributed by atoms with Crippen molar-refractivity contribution in [3.05, 3.63) is 65.2 Å². The van der Waals surface area contributed by atoms with Gasteiger partial charge in [0, 0.05) is 36.6 Å². The number of thioether (sulfide) groups is 1. The van der Waals surface area contributed by atoms with Crippen LogP contribution in [0.5, 0.6) is 0 Å². The first-order chi connectivity index (χ1) is 11.1. The van der Waals surface area contributed by atoms with E-state index < -0.39 is 0 Å². The topological polar surface area (TPSA) is 32.3 Å². The van der Waals surface area contributed by atoms with Gasteiger partial charge in [0.25, 0.3) is 0 Å². The Bertz CT molecular complexity index is 621. The Morgan fingerprint density at radius 1 is 1.17 bits per heavy atom. The van der Waals surface area contributed by atoms with Crippen LogP contribution in [0.1, 0.15) is 5.56 Å². The van der Waals surface area contributed by atoms with Crippen LogP contribution in [0.4, 0.5) is 5.69 Å². The molecule has 0 heterocycles. The number of likely N-dealkylation sites (N-methyl/N-ethyl adjacent to an activating group) is 1. The van der Waals surface area contributed by atoms with E-state index in [-0.39, 0.29) is 5.91 Å². The maximum Gasteiger partial charge on any atom is 0.230 e. The number of benzene rings is 2. The number of para-hydroxylation sites is 1. The maximum absolute atomic E-state index is 11.8. The number of carbonyl (C=O) groups is 1. The van der Waals surface area contributed by atoms with Gasteiger partial charge < -0.3 is 10.2 Å². The fourth-order valence-electron chi connectivity index (χ4n) is 2.11. The lowest BCUT2D eigenvalue weighted by Crippen LogP contribution is -2.33. The van der Waals surface area contributed by atoms with Crippen molar-refractivity contribution >= 4 is 35.0 Å². The Morgan fingerprint density at radius 2 is 1.96 bits per heavy atom. The Balaban J connectivity index is 1.62. The maximum atomic E-state index is 11.8.